The second-order valence-electron chi connectivity index (χ2n) is 3.50. The first-order chi connectivity index (χ1) is 7.58. The number of carboxylic acid groups (broad SMARTS) is 1. The standard InChI is InChI=1S/C12H10O4/c13-11(14)8-3-1-7-2-4-9(12(15)16)6-10(7)5-8/h1-6,11,13-14H,(H,15,16). The van der Waals surface area contributed by atoms with Crippen LogP contribution in [0.5, 0.6) is 0 Å². The van der Waals surface area contributed by atoms with Gasteiger partial charge in [-0.3, -0.25) is 0 Å². The normalized spacial score (nSPS) is 10.9. The molecule has 0 atom stereocenters. The molecule has 0 unspecified atom stereocenters. The van der Waals surface area contributed by atoms with Gasteiger partial charge in [0.2, 0.25) is 0 Å². The largest absolute Gasteiger partial charge is 0.478 e. The molecule has 0 aliphatic carbocycles. The summed E-state index contributed by atoms with van der Waals surface area (Å²) in [5.74, 6) is -1.00. The lowest BCUT2D eigenvalue weighted by molar-refractivity contribution is -0.0423. The van der Waals surface area contributed by atoms with Gasteiger partial charge in [0.15, 0.2) is 6.29 Å². The predicted octanol–water partition coefficient (Wildman–Crippen LogP) is 1.52. The average molecular weight is 218 g/mol. The molecule has 4 nitrogen and oxygen atoms in total. The first-order valence-electron chi connectivity index (χ1n) is 4.71. The van der Waals surface area contributed by atoms with Gasteiger partial charge >= 0.3 is 5.97 Å². The quantitative estimate of drug-likeness (QED) is 0.668. The number of carbonyl (C=O) groups is 1. The molecule has 2 aromatic carbocycles. The summed E-state index contributed by atoms with van der Waals surface area (Å²) in [5, 5.41) is 28.4. The molecule has 0 heterocycles. The van der Waals surface area contributed by atoms with Crippen molar-refractivity contribution in [1.29, 1.82) is 0 Å². The smallest absolute Gasteiger partial charge is 0.335 e. The van der Waals surface area contributed by atoms with Gasteiger partial charge < -0.3 is 15.3 Å². The summed E-state index contributed by atoms with van der Waals surface area (Å²) in [6.45, 7) is 0. The second-order valence-corrected chi connectivity index (χ2v) is 3.50. The summed E-state index contributed by atoms with van der Waals surface area (Å²) in [5.41, 5.74) is 0.520. The number of benzene rings is 2. The molecular formula is C12H10O4. The van der Waals surface area contributed by atoms with Gasteiger partial charge in [-0.25, -0.2) is 4.79 Å². The van der Waals surface area contributed by atoms with Crippen LogP contribution in [0, 0.1) is 0 Å². The maximum absolute atomic E-state index is 10.8. The molecule has 0 bridgehead atoms. The van der Waals surface area contributed by atoms with Crippen LogP contribution in [0.4, 0.5) is 0 Å². The van der Waals surface area contributed by atoms with Crippen LogP contribution in [0.15, 0.2) is 36.4 Å². The van der Waals surface area contributed by atoms with Gasteiger partial charge in [-0.05, 0) is 29.0 Å². The molecule has 0 aromatic heterocycles. The zero-order chi connectivity index (χ0) is 11.7. The lowest BCUT2D eigenvalue weighted by atomic mass is 10.0. The van der Waals surface area contributed by atoms with E-state index < -0.39 is 12.3 Å². The van der Waals surface area contributed by atoms with Crippen molar-refractivity contribution in [3.05, 3.63) is 47.5 Å². The van der Waals surface area contributed by atoms with Gasteiger partial charge in [-0.15, -0.1) is 0 Å². The third-order valence-corrected chi connectivity index (χ3v) is 2.41. The van der Waals surface area contributed by atoms with E-state index in [-0.39, 0.29) is 5.56 Å². The van der Waals surface area contributed by atoms with Crippen molar-refractivity contribution in [2.24, 2.45) is 0 Å². The van der Waals surface area contributed by atoms with E-state index in [0.717, 1.165) is 5.39 Å². The van der Waals surface area contributed by atoms with E-state index in [9.17, 15) is 4.79 Å². The third-order valence-electron chi connectivity index (χ3n) is 2.41. The van der Waals surface area contributed by atoms with E-state index in [1.54, 1.807) is 24.3 Å². The molecule has 2 rings (SSSR count). The van der Waals surface area contributed by atoms with E-state index in [1.807, 2.05) is 0 Å². The van der Waals surface area contributed by atoms with E-state index in [2.05, 4.69) is 0 Å². The van der Waals surface area contributed by atoms with Crippen molar-refractivity contribution in [3.8, 4) is 0 Å². The Hall–Kier alpha value is -1.91. The third kappa shape index (κ3) is 1.88. The summed E-state index contributed by atoms with van der Waals surface area (Å²) in [6, 6.07) is 9.57. The molecule has 0 saturated heterocycles. The van der Waals surface area contributed by atoms with Gasteiger partial charge in [-0.1, -0.05) is 18.2 Å². The molecule has 0 radical (unpaired) electrons. The first kappa shape index (κ1) is 10.6. The predicted molar refractivity (Wildman–Crippen MR) is 58.1 cm³/mol. The average Bonchev–Trinajstić information content (AvgIpc) is 2.27. The van der Waals surface area contributed by atoms with E-state index >= 15 is 0 Å². The molecule has 3 N–H and O–H groups in total. The van der Waals surface area contributed by atoms with Gasteiger partial charge in [0.25, 0.3) is 0 Å². The van der Waals surface area contributed by atoms with Crippen molar-refractivity contribution < 1.29 is 20.1 Å². The van der Waals surface area contributed by atoms with Crippen molar-refractivity contribution in [2.45, 2.75) is 6.29 Å². The van der Waals surface area contributed by atoms with Gasteiger partial charge in [-0.2, -0.15) is 0 Å². The SMILES string of the molecule is O=C(O)c1ccc2ccc(C(O)O)cc2c1. The molecule has 0 amide bonds. The Morgan fingerprint density at radius 2 is 1.69 bits per heavy atom. The zero-order valence-electron chi connectivity index (χ0n) is 8.29. The van der Waals surface area contributed by atoms with Crippen molar-refractivity contribution in [2.75, 3.05) is 0 Å². The topological polar surface area (TPSA) is 77.8 Å². The van der Waals surface area contributed by atoms with Crippen LogP contribution in [0.3, 0.4) is 0 Å². The number of hydrogen-bond acceptors (Lipinski definition) is 3. The Morgan fingerprint density at radius 1 is 1.00 bits per heavy atom. The number of aliphatic hydroxyl groups excluding tert-OH is 1. The molecule has 16 heavy (non-hydrogen) atoms. The summed E-state index contributed by atoms with van der Waals surface area (Å²) >= 11 is 0. The number of rotatable bonds is 2. The molecule has 82 valence electrons. The van der Waals surface area contributed by atoms with Gasteiger partial charge in [0, 0.05) is 5.56 Å². The maximum Gasteiger partial charge on any atom is 0.335 e. The maximum atomic E-state index is 10.8. The summed E-state index contributed by atoms with van der Waals surface area (Å²) < 4.78 is 0. The molecule has 4 heteroatoms. The minimum absolute atomic E-state index is 0.178. The Morgan fingerprint density at radius 3 is 2.31 bits per heavy atom. The van der Waals surface area contributed by atoms with Gasteiger partial charge in [0.05, 0.1) is 5.56 Å². The van der Waals surface area contributed by atoms with Crippen LogP contribution in [0.1, 0.15) is 22.2 Å². The Labute approximate surface area is 91.4 Å². The van der Waals surface area contributed by atoms with Crippen molar-refractivity contribution >= 4 is 16.7 Å². The Balaban J connectivity index is 2.61. The van der Waals surface area contributed by atoms with Crippen LogP contribution in [0.25, 0.3) is 10.8 Å². The minimum Gasteiger partial charge on any atom is -0.478 e. The van der Waals surface area contributed by atoms with Gasteiger partial charge in [0.1, 0.15) is 0 Å². The molecule has 0 aliphatic rings. The lowest BCUT2D eigenvalue weighted by Crippen LogP contribution is -1.97. The van der Waals surface area contributed by atoms with Crippen molar-refractivity contribution in [3.63, 3.8) is 0 Å². The number of aliphatic hydroxyl groups is 2. The van der Waals surface area contributed by atoms with E-state index in [0.29, 0.717) is 10.9 Å². The van der Waals surface area contributed by atoms with E-state index in [4.69, 9.17) is 15.3 Å². The fourth-order valence-electron chi connectivity index (χ4n) is 1.56. The first-order valence-corrected chi connectivity index (χ1v) is 4.71. The van der Waals surface area contributed by atoms with Crippen molar-refractivity contribution in [1.82, 2.24) is 0 Å². The highest BCUT2D eigenvalue weighted by atomic mass is 16.5. The number of hydrogen-bond donors (Lipinski definition) is 3. The number of carboxylic acids is 1. The summed E-state index contributed by atoms with van der Waals surface area (Å²) in [4.78, 5) is 10.8. The molecular weight excluding hydrogens is 208 g/mol. The lowest BCUT2D eigenvalue weighted by Gasteiger charge is -2.06. The molecule has 0 aliphatic heterocycles. The molecule has 2 aromatic rings. The fourth-order valence-corrected chi connectivity index (χ4v) is 1.56. The van der Waals surface area contributed by atoms with Crippen LogP contribution < -0.4 is 0 Å². The monoisotopic (exact) mass is 218 g/mol. The zero-order valence-corrected chi connectivity index (χ0v) is 8.29. The number of fused-ring (bicyclic) bond motifs is 1. The molecule has 0 saturated carbocycles. The molecule has 0 fully saturated rings. The van der Waals surface area contributed by atoms with Crippen LogP contribution in [0.2, 0.25) is 0 Å². The highest BCUT2D eigenvalue weighted by Crippen LogP contribution is 2.20. The minimum atomic E-state index is -1.54. The van der Waals surface area contributed by atoms with Crippen LogP contribution in [-0.2, 0) is 0 Å². The fraction of sp³-hybridized carbons (Fsp3) is 0.0833. The highest BCUT2D eigenvalue weighted by Gasteiger charge is 2.06. The van der Waals surface area contributed by atoms with Crippen LogP contribution >= 0.6 is 0 Å². The summed E-state index contributed by atoms with van der Waals surface area (Å²) in [7, 11) is 0. The Bertz CT molecular complexity index is 546. The van der Waals surface area contributed by atoms with Crippen LogP contribution in [-0.4, -0.2) is 21.3 Å². The highest BCUT2D eigenvalue weighted by molar-refractivity contribution is 5.94. The summed E-state index contributed by atoms with van der Waals surface area (Å²) in [6.07, 6.45) is -1.54. The second kappa shape index (κ2) is 3.92. The molecule has 0 spiro atoms. The number of aromatic carboxylic acids is 1. The Kier molecular flexibility index (Phi) is 2.60. The van der Waals surface area contributed by atoms with E-state index in [1.165, 1.54) is 12.1 Å².